The number of carbonyl (C=O) groups excluding carboxylic acids is 1. The summed E-state index contributed by atoms with van der Waals surface area (Å²) in [4.78, 5) is 22.8. The summed E-state index contributed by atoms with van der Waals surface area (Å²) in [5, 5.41) is 1.26. The van der Waals surface area contributed by atoms with E-state index in [0.717, 1.165) is 38.9 Å². The summed E-state index contributed by atoms with van der Waals surface area (Å²) in [7, 11) is 0. The smallest absolute Gasteiger partial charge is 0.223 e. The van der Waals surface area contributed by atoms with Crippen LogP contribution in [0, 0.1) is 5.92 Å². The highest BCUT2D eigenvalue weighted by atomic mass is 32.1. The van der Waals surface area contributed by atoms with Crippen molar-refractivity contribution in [2.45, 2.75) is 57.5 Å². The lowest BCUT2D eigenvalue weighted by molar-refractivity contribution is -0.130. The van der Waals surface area contributed by atoms with E-state index in [1.165, 1.54) is 34.8 Å². The van der Waals surface area contributed by atoms with Gasteiger partial charge in [-0.1, -0.05) is 0 Å². The van der Waals surface area contributed by atoms with Gasteiger partial charge in [-0.15, -0.1) is 11.3 Å². The second kappa shape index (κ2) is 7.08. The van der Waals surface area contributed by atoms with Crippen molar-refractivity contribution in [3.05, 3.63) is 15.6 Å². The quantitative estimate of drug-likeness (QED) is 0.837. The van der Waals surface area contributed by atoms with Crippen LogP contribution in [0.1, 0.15) is 47.7 Å². The Morgan fingerprint density at radius 2 is 2.00 bits per heavy atom. The normalized spacial score (nSPS) is 26.1. The molecule has 6 heteroatoms. The van der Waals surface area contributed by atoms with Crippen LogP contribution in [-0.2, 0) is 24.2 Å². The Kier molecular flexibility index (Phi) is 4.86. The van der Waals surface area contributed by atoms with Gasteiger partial charge in [-0.2, -0.15) is 0 Å². The molecule has 1 aromatic rings. The van der Waals surface area contributed by atoms with E-state index in [4.69, 9.17) is 4.98 Å². The van der Waals surface area contributed by atoms with E-state index in [2.05, 4.69) is 4.90 Å². The molecule has 0 bridgehead atoms. The van der Waals surface area contributed by atoms with E-state index in [1.54, 1.807) is 0 Å². The van der Waals surface area contributed by atoms with Crippen molar-refractivity contribution in [3.8, 4) is 0 Å². The number of carbonyl (C=O) groups is 1. The predicted molar refractivity (Wildman–Crippen MR) is 92.9 cm³/mol. The number of halogens is 1. The number of piperidine rings is 1. The van der Waals surface area contributed by atoms with E-state index < -0.39 is 0 Å². The van der Waals surface area contributed by atoms with Gasteiger partial charge in [0.05, 0.1) is 18.9 Å². The molecule has 2 aliphatic heterocycles. The number of nitrogens with zero attached hydrogens (tertiary/aromatic N) is 3. The second-order valence-electron chi connectivity index (χ2n) is 7.46. The fourth-order valence-electron chi connectivity index (χ4n) is 4.32. The third-order valence-corrected chi connectivity index (χ3v) is 6.85. The van der Waals surface area contributed by atoms with E-state index in [0.29, 0.717) is 19.0 Å². The van der Waals surface area contributed by atoms with Crippen LogP contribution in [0.5, 0.6) is 0 Å². The highest BCUT2D eigenvalue weighted by molar-refractivity contribution is 7.11. The maximum absolute atomic E-state index is 12.8. The molecule has 2 fully saturated rings. The molecule has 1 aromatic heterocycles. The molecular weight excluding hydrogens is 325 g/mol. The van der Waals surface area contributed by atoms with Gasteiger partial charge in [-0.05, 0) is 38.5 Å². The summed E-state index contributed by atoms with van der Waals surface area (Å²) in [6.07, 6.45) is 7.38. The van der Waals surface area contributed by atoms with Crippen LogP contribution in [0.25, 0.3) is 0 Å². The largest absolute Gasteiger partial charge is 0.339 e. The number of rotatable bonds is 4. The van der Waals surface area contributed by atoms with Crippen LogP contribution in [0.4, 0.5) is 4.39 Å². The Morgan fingerprint density at radius 3 is 2.71 bits per heavy atom. The number of likely N-dealkylation sites (tertiary alicyclic amines) is 2. The van der Waals surface area contributed by atoms with Gasteiger partial charge in [0, 0.05) is 42.9 Å². The van der Waals surface area contributed by atoms with E-state index in [-0.39, 0.29) is 18.5 Å². The lowest BCUT2D eigenvalue weighted by Crippen LogP contribution is -2.45. The van der Waals surface area contributed by atoms with Crippen LogP contribution in [0.2, 0.25) is 0 Å². The highest BCUT2D eigenvalue weighted by Gasteiger charge is 2.35. The lowest BCUT2D eigenvalue weighted by atomic mass is 10.0. The van der Waals surface area contributed by atoms with Crippen molar-refractivity contribution in [3.63, 3.8) is 0 Å². The molecule has 24 heavy (non-hydrogen) atoms. The summed E-state index contributed by atoms with van der Waals surface area (Å²) in [6.45, 7) is 3.23. The van der Waals surface area contributed by atoms with Crippen LogP contribution in [0.15, 0.2) is 0 Å². The maximum Gasteiger partial charge on any atom is 0.223 e. The molecule has 1 aliphatic carbocycles. The van der Waals surface area contributed by atoms with Gasteiger partial charge in [0.1, 0.15) is 5.01 Å². The monoisotopic (exact) mass is 351 g/mol. The van der Waals surface area contributed by atoms with Crippen LogP contribution in [0.3, 0.4) is 0 Å². The van der Waals surface area contributed by atoms with E-state index in [1.807, 2.05) is 16.2 Å². The minimum absolute atomic E-state index is 0.0721. The third-order valence-electron chi connectivity index (χ3n) is 5.70. The van der Waals surface area contributed by atoms with Crippen molar-refractivity contribution in [2.75, 3.05) is 26.3 Å². The first kappa shape index (κ1) is 16.5. The van der Waals surface area contributed by atoms with Gasteiger partial charge in [-0.3, -0.25) is 14.1 Å². The number of hydrogen-bond acceptors (Lipinski definition) is 4. The average Bonchev–Trinajstić information content (AvgIpc) is 3.18. The number of amides is 1. The SMILES string of the molecule is O=C1CC(CF)CN1C1CCN(Cc2nc3c(s2)CCCC3)CC1. The van der Waals surface area contributed by atoms with Crippen molar-refractivity contribution >= 4 is 17.2 Å². The highest BCUT2D eigenvalue weighted by Crippen LogP contribution is 2.29. The Labute approximate surface area is 147 Å². The van der Waals surface area contributed by atoms with Crippen LogP contribution >= 0.6 is 11.3 Å². The summed E-state index contributed by atoms with van der Waals surface area (Å²) >= 11 is 1.90. The van der Waals surface area contributed by atoms with Gasteiger partial charge in [-0.25, -0.2) is 4.98 Å². The Bertz CT molecular complexity index is 574. The van der Waals surface area contributed by atoms with Crippen LogP contribution < -0.4 is 0 Å². The van der Waals surface area contributed by atoms with E-state index >= 15 is 0 Å². The fraction of sp³-hybridized carbons (Fsp3) is 0.778. The number of fused-ring (bicyclic) bond motifs is 1. The van der Waals surface area contributed by atoms with Gasteiger partial charge in [0.2, 0.25) is 5.91 Å². The number of hydrogen-bond donors (Lipinski definition) is 0. The Balaban J connectivity index is 1.30. The number of aryl methyl sites for hydroxylation is 2. The van der Waals surface area contributed by atoms with Crippen molar-refractivity contribution in [2.24, 2.45) is 5.92 Å². The first-order valence-corrected chi connectivity index (χ1v) is 10.1. The summed E-state index contributed by atoms with van der Waals surface area (Å²) in [5.74, 6) is 0.0841. The van der Waals surface area contributed by atoms with Gasteiger partial charge in [0.15, 0.2) is 0 Å². The zero-order valence-corrected chi connectivity index (χ0v) is 15.0. The maximum atomic E-state index is 12.8. The number of thiazole rings is 1. The molecule has 0 aromatic carbocycles. The molecule has 3 heterocycles. The summed E-state index contributed by atoms with van der Waals surface area (Å²) in [6, 6.07) is 0.315. The topological polar surface area (TPSA) is 36.4 Å². The zero-order chi connectivity index (χ0) is 16.5. The summed E-state index contributed by atoms with van der Waals surface area (Å²) < 4.78 is 12.8. The Hall–Kier alpha value is -1.01. The second-order valence-corrected chi connectivity index (χ2v) is 8.63. The molecule has 4 nitrogen and oxygen atoms in total. The predicted octanol–water partition coefficient (Wildman–Crippen LogP) is 2.80. The molecule has 4 rings (SSSR count). The number of aromatic nitrogens is 1. The van der Waals surface area contributed by atoms with Gasteiger partial charge < -0.3 is 4.90 Å². The van der Waals surface area contributed by atoms with Crippen molar-refractivity contribution < 1.29 is 9.18 Å². The molecule has 1 unspecified atom stereocenters. The van der Waals surface area contributed by atoms with Gasteiger partial charge >= 0.3 is 0 Å². The molecule has 132 valence electrons. The van der Waals surface area contributed by atoms with Crippen LogP contribution in [-0.4, -0.2) is 53.0 Å². The minimum atomic E-state index is -0.365. The molecule has 2 saturated heterocycles. The summed E-state index contributed by atoms with van der Waals surface area (Å²) in [5.41, 5.74) is 1.34. The van der Waals surface area contributed by atoms with E-state index in [9.17, 15) is 9.18 Å². The standard InChI is InChI=1S/C18H26FN3OS/c19-10-13-9-18(23)22(11-13)14-5-7-21(8-6-14)12-17-20-15-3-1-2-4-16(15)24-17/h13-14H,1-12H2. The molecule has 0 spiro atoms. The first-order chi connectivity index (χ1) is 11.7. The molecule has 3 aliphatic rings. The molecule has 1 atom stereocenters. The van der Waals surface area contributed by atoms with Crippen molar-refractivity contribution in [1.82, 2.24) is 14.8 Å². The average molecular weight is 351 g/mol. The number of alkyl halides is 1. The molecule has 0 radical (unpaired) electrons. The fourth-order valence-corrected chi connectivity index (χ4v) is 5.52. The zero-order valence-electron chi connectivity index (χ0n) is 14.2. The minimum Gasteiger partial charge on any atom is -0.339 e. The van der Waals surface area contributed by atoms with Crippen molar-refractivity contribution in [1.29, 1.82) is 0 Å². The first-order valence-electron chi connectivity index (χ1n) is 9.28. The molecule has 0 N–H and O–H groups in total. The Morgan fingerprint density at radius 1 is 1.21 bits per heavy atom. The van der Waals surface area contributed by atoms with Gasteiger partial charge in [0.25, 0.3) is 0 Å². The molecular formula is C18H26FN3OS. The molecule has 1 amide bonds. The third kappa shape index (κ3) is 3.36. The molecule has 0 saturated carbocycles. The lowest BCUT2D eigenvalue weighted by Gasteiger charge is -2.36.